The van der Waals surface area contributed by atoms with Crippen molar-refractivity contribution in [2.75, 3.05) is 13.6 Å². The first-order chi connectivity index (χ1) is 12.1. The van der Waals surface area contributed by atoms with Crippen molar-refractivity contribution in [2.45, 2.75) is 38.3 Å². The van der Waals surface area contributed by atoms with E-state index in [2.05, 4.69) is 10.3 Å². The molecule has 134 valence electrons. The van der Waals surface area contributed by atoms with Crippen LogP contribution in [0.3, 0.4) is 0 Å². The maximum atomic E-state index is 12.2. The van der Waals surface area contributed by atoms with Crippen LogP contribution in [0.15, 0.2) is 40.9 Å². The summed E-state index contributed by atoms with van der Waals surface area (Å²) in [6.07, 6.45) is 5.36. The molecule has 1 aromatic heterocycles. The second-order valence-electron chi connectivity index (χ2n) is 6.64. The number of carbonyl (C=O) groups is 1. The maximum absolute atomic E-state index is 12.2. The van der Waals surface area contributed by atoms with Crippen LogP contribution in [-0.4, -0.2) is 40.7 Å². The lowest BCUT2D eigenvalue weighted by Gasteiger charge is -2.31. The van der Waals surface area contributed by atoms with Crippen molar-refractivity contribution in [3.05, 3.63) is 42.4 Å². The fourth-order valence-electron chi connectivity index (χ4n) is 3.25. The lowest BCUT2D eigenvalue weighted by molar-refractivity contribution is 0.0564. The highest BCUT2D eigenvalue weighted by molar-refractivity contribution is 5.73. The number of urea groups is 1. The quantitative estimate of drug-likeness (QED) is 0.875. The van der Waals surface area contributed by atoms with Gasteiger partial charge in [-0.15, -0.1) is 0 Å². The Balaban J connectivity index is 1.49. The van der Waals surface area contributed by atoms with Crippen LogP contribution in [0.1, 0.15) is 31.6 Å². The fourth-order valence-corrected chi connectivity index (χ4v) is 3.25. The molecule has 0 radical (unpaired) electrons. The first kappa shape index (κ1) is 17.5. The van der Waals surface area contributed by atoms with Gasteiger partial charge in [-0.25, -0.2) is 9.78 Å². The van der Waals surface area contributed by atoms with E-state index in [1.165, 1.54) is 0 Å². The Bertz CT molecular complexity index is 686. The average molecular weight is 343 g/mol. The van der Waals surface area contributed by atoms with Crippen LogP contribution in [0.2, 0.25) is 0 Å². The topological polar surface area (TPSA) is 78.6 Å². The first-order valence-electron chi connectivity index (χ1n) is 8.80. The molecular weight excluding hydrogens is 318 g/mol. The predicted molar refractivity (Wildman–Crippen MR) is 94.8 cm³/mol. The fraction of sp³-hybridized carbons (Fsp3) is 0.474. The van der Waals surface area contributed by atoms with Gasteiger partial charge < -0.3 is 19.7 Å². The molecule has 1 heterocycles. The van der Waals surface area contributed by atoms with Crippen molar-refractivity contribution in [3.63, 3.8) is 0 Å². The van der Waals surface area contributed by atoms with E-state index in [1.54, 1.807) is 18.1 Å². The molecule has 1 aromatic carbocycles. The smallest absolute Gasteiger partial charge is 0.317 e. The van der Waals surface area contributed by atoms with Crippen LogP contribution in [0.4, 0.5) is 4.79 Å². The van der Waals surface area contributed by atoms with Crippen molar-refractivity contribution in [1.82, 2.24) is 15.2 Å². The number of nitrogens with zero attached hydrogens (tertiary/aromatic N) is 2. The number of hydrogen-bond acceptors (Lipinski definition) is 4. The molecule has 6 nitrogen and oxygen atoms in total. The number of hydrogen-bond donors (Lipinski definition) is 2. The van der Waals surface area contributed by atoms with Crippen LogP contribution in [0.25, 0.3) is 11.3 Å². The standard InChI is InChI=1S/C19H25N3O3/c1-22(13-15-9-5-6-10-16(15)23)19(24)21-12-18-20-11-17(25-18)14-7-3-2-4-8-14/h2-4,7-8,11,15-16,23H,5-6,9-10,12-13H2,1H3,(H,21,24). The molecule has 25 heavy (non-hydrogen) atoms. The molecule has 2 aromatic rings. The number of aliphatic hydroxyl groups is 1. The molecule has 0 bridgehead atoms. The lowest BCUT2D eigenvalue weighted by atomic mass is 9.86. The zero-order chi connectivity index (χ0) is 17.6. The number of carbonyl (C=O) groups excluding carboxylic acids is 1. The Labute approximate surface area is 147 Å². The molecule has 0 aliphatic heterocycles. The Morgan fingerprint density at radius 1 is 1.32 bits per heavy atom. The van der Waals surface area contributed by atoms with Gasteiger partial charge in [-0.3, -0.25) is 0 Å². The minimum absolute atomic E-state index is 0.163. The van der Waals surface area contributed by atoms with Crippen LogP contribution < -0.4 is 5.32 Å². The van der Waals surface area contributed by atoms with Crippen molar-refractivity contribution < 1.29 is 14.3 Å². The van der Waals surface area contributed by atoms with Crippen molar-refractivity contribution in [3.8, 4) is 11.3 Å². The number of amides is 2. The van der Waals surface area contributed by atoms with Gasteiger partial charge in [0, 0.05) is 25.1 Å². The zero-order valence-corrected chi connectivity index (χ0v) is 14.5. The third-order valence-corrected chi connectivity index (χ3v) is 4.73. The normalized spacial score (nSPS) is 20.2. The van der Waals surface area contributed by atoms with E-state index in [1.807, 2.05) is 30.3 Å². The highest BCUT2D eigenvalue weighted by atomic mass is 16.4. The van der Waals surface area contributed by atoms with Gasteiger partial charge in [0.15, 0.2) is 5.76 Å². The van der Waals surface area contributed by atoms with E-state index in [0.717, 1.165) is 31.2 Å². The molecule has 2 atom stereocenters. The van der Waals surface area contributed by atoms with E-state index in [9.17, 15) is 9.90 Å². The van der Waals surface area contributed by atoms with Gasteiger partial charge in [-0.2, -0.15) is 0 Å². The molecule has 1 aliphatic carbocycles. The van der Waals surface area contributed by atoms with Gasteiger partial charge in [-0.05, 0) is 12.8 Å². The number of nitrogens with one attached hydrogen (secondary N) is 1. The molecule has 1 fully saturated rings. The monoisotopic (exact) mass is 343 g/mol. The van der Waals surface area contributed by atoms with Gasteiger partial charge in [-0.1, -0.05) is 43.2 Å². The van der Waals surface area contributed by atoms with Gasteiger partial charge in [0.05, 0.1) is 18.8 Å². The highest BCUT2D eigenvalue weighted by Crippen LogP contribution is 2.25. The van der Waals surface area contributed by atoms with E-state index in [0.29, 0.717) is 18.2 Å². The third kappa shape index (κ3) is 4.60. The molecule has 0 spiro atoms. The van der Waals surface area contributed by atoms with Gasteiger partial charge in [0.25, 0.3) is 0 Å². The second-order valence-corrected chi connectivity index (χ2v) is 6.64. The highest BCUT2D eigenvalue weighted by Gasteiger charge is 2.25. The predicted octanol–water partition coefficient (Wildman–Crippen LogP) is 3.03. The zero-order valence-electron chi connectivity index (χ0n) is 14.5. The van der Waals surface area contributed by atoms with E-state index >= 15 is 0 Å². The summed E-state index contributed by atoms with van der Waals surface area (Å²) in [5.41, 5.74) is 0.955. The van der Waals surface area contributed by atoms with Crippen LogP contribution in [0, 0.1) is 5.92 Å². The number of rotatable bonds is 5. The Kier molecular flexibility index (Phi) is 5.71. The molecule has 2 unspecified atom stereocenters. The first-order valence-corrected chi connectivity index (χ1v) is 8.80. The summed E-state index contributed by atoms with van der Waals surface area (Å²) >= 11 is 0. The Morgan fingerprint density at radius 3 is 2.84 bits per heavy atom. The third-order valence-electron chi connectivity index (χ3n) is 4.73. The van der Waals surface area contributed by atoms with Gasteiger partial charge >= 0.3 is 6.03 Å². The van der Waals surface area contributed by atoms with E-state index in [4.69, 9.17) is 4.42 Å². The van der Waals surface area contributed by atoms with Crippen LogP contribution in [-0.2, 0) is 6.54 Å². The molecule has 1 aliphatic rings. The summed E-state index contributed by atoms with van der Waals surface area (Å²) < 4.78 is 5.68. The number of oxazole rings is 1. The Hall–Kier alpha value is -2.34. The lowest BCUT2D eigenvalue weighted by Crippen LogP contribution is -2.42. The largest absolute Gasteiger partial charge is 0.439 e. The molecule has 0 saturated heterocycles. The van der Waals surface area contributed by atoms with Gasteiger partial charge in [0.1, 0.15) is 0 Å². The van der Waals surface area contributed by atoms with Crippen LogP contribution in [0.5, 0.6) is 0 Å². The van der Waals surface area contributed by atoms with E-state index < -0.39 is 0 Å². The summed E-state index contributed by atoms with van der Waals surface area (Å²) in [6.45, 7) is 0.803. The summed E-state index contributed by atoms with van der Waals surface area (Å²) in [7, 11) is 1.75. The molecule has 2 amide bonds. The van der Waals surface area contributed by atoms with Crippen molar-refractivity contribution in [2.24, 2.45) is 5.92 Å². The van der Waals surface area contributed by atoms with Crippen molar-refractivity contribution >= 4 is 6.03 Å². The maximum Gasteiger partial charge on any atom is 0.317 e. The molecular formula is C19H25N3O3. The minimum Gasteiger partial charge on any atom is -0.439 e. The van der Waals surface area contributed by atoms with Crippen LogP contribution >= 0.6 is 0 Å². The number of benzene rings is 1. The summed E-state index contributed by atoms with van der Waals surface area (Å²) in [6, 6.07) is 9.54. The minimum atomic E-state index is -0.302. The number of aromatic nitrogens is 1. The molecule has 6 heteroatoms. The SMILES string of the molecule is CN(CC1CCCCC1O)C(=O)NCc1ncc(-c2ccccc2)o1. The Morgan fingerprint density at radius 2 is 2.08 bits per heavy atom. The molecule has 1 saturated carbocycles. The number of aliphatic hydroxyl groups excluding tert-OH is 1. The summed E-state index contributed by atoms with van der Waals surface area (Å²) in [4.78, 5) is 18.1. The second kappa shape index (κ2) is 8.16. The van der Waals surface area contributed by atoms with Gasteiger partial charge in [0.2, 0.25) is 5.89 Å². The summed E-state index contributed by atoms with van der Waals surface area (Å²) in [5, 5.41) is 12.9. The molecule has 3 rings (SSSR count). The molecule has 2 N–H and O–H groups in total. The summed E-state index contributed by atoms with van der Waals surface area (Å²) in [5.74, 6) is 1.32. The average Bonchev–Trinajstić information content (AvgIpc) is 3.11. The van der Waals surface area contributed by atoms with Crippen molar-refractivity contribution in [1.29, 1.82) is 0 Å². The van der Waals surface area contributed by atoms with E-state index in [-0.39, 0.29) is 24.6 Å².